The highest BCUT2D eigenvalue weighted by atomic mass is 31.2. The number of hydrogen-bond acceptors (Lipinski definition) is 15. The van der Waals surface area contributed by atoms with E-state index < -0.39 is 97.5 Å². The van der Waals surface area contributed by atoms with Crippen LogP contribution in [0.1, 0.15) is 369 Å². The van der Waals surface area contributed by atoms with Gasteiger partial charge in [0.15, 0.2) is 12.2 Å². The number of carbonyl (C=O) groups excluding carboxylic acids is 4. The summed E-state index contributed by atoms with van der Waals surface area (Å²) in [6.45, 7) is 7.30. The highest BCUT2D eigenvalue weighted by molar-refractivity contribution is 7.47. The van der Waals surface area contributed by atoms with Gasteiger partial charge < -0.3 is 33.8 Å². The molecule has 0 amide bonds. The molecule has 90 heavy (non-hydrogen) atoms. The Balaban J connectivity index is 5.21. The fourth-order valence-corrected chi connectivity index (χ4v) is 12.4. The first-order chi connectivity index (χ1) is 43.6. The second-order valence-corrected chi connectivity index (χ2v) is 28.8. The molecule has 17 nitrogen and oxygen atoms in total. The van der Waals surface area contributed by atoms with E-state index in [1.807, 2.05) is 0 Å². The molecule has 0 aliphatic rings. The van der Waals surface area contributed by atoms with E-state index in [0.717, 1.165) is 95.8 Å². The maximum atomic E-state index is 13.0. The minimum atomic E-state index is -4.95. The predicted octanol–water partition coefficient (Wildman–Crippen LogP) is 20.5. The van der Waals surface area contributed by atoms with Crippen LogP contribution in [0.15, 0.2) is 0 Å². The topological polar surface area (TPSA) is 237 Å². The van der Waals surface area contributed by atoms with E-state index >= 15 is 0 Å². The SMILES string of the molecule is CCCCCCCCCCCCCC(=O)OC[C@H](COP(=O)(O)OC[C@@H](O)COP(=O)(O)OC[C@@H](COC(=O)CCCCCCCCCCCC)OC(=O)CCCCCCCCCCCCC)OC(=O)CCCCCCCCCCCCCCCCC(C)CC. The fourth-order valence-electron chi connectivity index (χ4n) is 10.8. The number of esters is 4. The van der Waals surface area contributed by atoms with E-state index in [9.17, 15) is 43.2 Å². The molecule has 0 spiro atoms. The van der Waals surface area contributed by atoms with E-state index in [-0.39, 0.29) is 25.7 Å². The van der Waals surface area contributed by atoms with Crippen LogP contribution >= 0.6 is 15.6 Å². The minimum Gasteiger partial charge on any atom is -0.462 e. The van der Waals surface area contributed by atoms with Crippen molar-refractivity contribution in [3.05, 3.63) is 0 Å². The van der Waals surface area contributed by atoms with Crippen molar-refractivity contribution in [2.45, 2.75) is 387 Å². The maximum Gasteiger partial charge on any atom is 0.472 e. The Morgan fingerprint density at radius 1 is 0.311 bits per heavy atom. The molecule has 0 saturated carbocycles. The molecule has 0 bridgehead atoms. The molecule has 0 aliphatic heterocycles. The molecule has 0 heterocycles. The zero-order valence-corrected chi connectivity index (χ0v) is 60.1. The largest absolute Gasteiger partial charge is 0.472 e. The summed E-state index contributed by atoms with van der Waals surface area (Å²) in [6.07, 6.45) is 51.1. The molecule has 0 radical (unpaired) electrons. The molecule has 0 aromatic rings. The fraction of sp³-hybridized carbons (Fsp3) is 0.944. The molecular weight excluding hydrogens is 1190 g/mol. The third kappa shape index (κ3) is 63.5. The van der Waals surface area contributed by atoms with Crippen LogP contribution in [0.4, 0.5) is 0 Å². The molecule has 0 fully saturated rings. The Bertz CT molecular complexity index is 1740. The molecule has 0 aromatic heterocycles. The van der Waals surface area contributed by atoms with Gasteiger partial charge in [-0.05, 0) is 31.6 Å². The van der Waals surface area contributed by atoms with Crippen LogP contribution in [0.5, 0.6) is 0 Å². The van der Waals surface area contributed by atoms with Crippen LogP contribution in [-0.2, 0) is 65.4 Å². The Labute approximate surface area is 549 Å². The molecular formula is C71H138O17P2. The van der Waals surface area contributed by atoms with Gasteiger partial charge in [0.2, 0.25) is 0 Å². The normalized spacial score (nSPS) is 14.4. The monoisotopic (exact) mass is 1320 g/mol. The maximum absolute atomic E-state index is 13.0. The summed E-state index contributed by atoms with van der Waals surface area (Å²) in [5, 5.41) is 10.6. The van der Waals surface area contributed by atoms with Crippen LogP contribution in [0.3, 0.4) is 0 Å². The van der Waals surface area contributed by atoms with Gasteiger partial charge in [-0.2, -0.15) is 0 Å². The lowest BCUT2D eigenvalue weighted by molar-refractivity contribution is -0.161. The van der Waals surface area contributed by atoms with Crippen molar-refractivity contribution < 1.29 is 80.2 Å². The van der Waals surface area contributed by atoms with E-state index in [4.69, 9.17) is 37.0 Å². The molecule has 6 atom stereocenters. The van der Waals surface area contributed by atoms with Crippen LogP contribution in [0, 0.1) is 5.92 Å². The highest BCUT2D eigenvalue weighted by Crippen LogP contribution is 2.45. The van der Waals surface area contributed by atoms with Gasteiger partial charge in [0, 0.05) is 25.7 Å². The Kier molecular flexibility index (Phi) is 63.0. The summed E-state index contributed by atoms with van der Waals surface area (Å²) in [5.41, 5.74) is 0. The smallest absolute Gasteiger partial charge is 0.462 e. The molecule has 3 unspecified atom stereocenters. The Hall–Kier alpha value is -1.94. The first-order valence-electron chi connectivity index (χ1n) is 37.2. The van der Waals surface area contributed by atoms with Gasteiger partial charge in [-0.1, -0.05) is 317 Å². The van der Waals surface area contributed by atoms with Gasteiger partial charge in [0.1, 0.15) is 19.3 Å². The van der Waals surface area contributed by atoms with Crippen LogP contribution in [0.2, 0.25) is 0 Å². The number of unbranched alkanes of at least 4 members (excludes halogenated alkanes) is 42. The first kappa shape index (κ1) is 88.1. The molecule has 534 valence electrons. The third-order valence-corrected chi connectivity index (χ3v) is 18.8. The lowest BCUT2D eigenvalue weighted by Crippen LogP contribution is -2.30. The van der Waals surface area contributed by atoms with Crippen LogP contribution in [0.25, 0.3) is 0 Å². The molecule has 3 N–H and O–H groups in total. The van der Waals surface area contributed by atoms with E-state index in [1.54, 1.807) is 0 Å². The molecule has 0 aliphatic carbocycles. The second kappa shape index (κ2) is 64.4. The average Bonchev–Trinajstić information content (AvgIpc) is 3.71. The van der Waals surface area contributed by atoms with Crippen molar-refractivity contribution >= 4 is 39.5 Å². The second-order valence-electron chi connectivity index (χ2n) is 25.9. The summed E-state index contributed by atoms with van der Waals surface area (Å²) in [7, 11) is -9.90. The van der Waals surface area contributed by atoms with Crippen molar-refractivity contribution in [1.29, 1.82) is 0 Å². The van der Waals surface area contributed by atoms with Gasteiger partial charge >= 0.3 is 39.5 Å². The summed E-state index contributed by atoms with van der Waals surface area (Å²) in [4.78, 5) is 72.5. The zero-order valence-electron chi connectivity index (χ0n) is 58.3. The lowest BCUT2D eigenvalue weighted by atomic mass is 9.99. The number of rotatable bonds is 71. The summed E-state index contributed by atoms with van der Waals surface area (Å²) >= 11 is 0. The van der Waals surface area contributed by atoms with Gasteiger partial charge in [0.25, 0.3) is 0 Å². The van der Waals surface area contributed by atoms with Crippen molar-refractivity contribution in [3.63, 3.8) is 0 Å². The molecule has 0 aromatic carbocycles. The van der Waals surface area contributed by atoms with Crippen LogP contribution < -0.4 is 0 Å². The Morgan fingerprint density at radius 2 is 0.533 bits per heavy atom. The van der Waals surface area contributed by atoms with Gasteiger partial charge in [-0.25, -0.2) is 9.13 Å². The van der Waals surface area contributed by atoms with Crippen LogP contribution in [-0.4, -0.2) is 96.7 Å². The summed E-state index contributed by atoms with van der Waals surface area (Å²) < 4.78 is 68.3. The number of phosphoric acid groups is 2. The number of phosphoric ester groups is 2. The van der Waals surface area contributed by atoms with Crippen molar-refractivity contribution in [3.8, 4) is 0 Å². The number of ether oxygens (including phenoxy) is 4. The van der Waals surface area contributed by atoms with Crippen molar-refractivity contribution in [2.75, 3.05) is 39.6 Å². The number of hydrogen-bond donors (Lipinski definition) is 3. The van der Waals surface area contributed by atoms with Crippen molar-refractivity contribution in [1.82, 2.24) is 0 Å². The average molecular weight is 1330 g/mol. The van der Waals surface area contributed by atoms with Gasteiger partial charge in [-0.3, -0.25) is 37.3 Å². The third-order valence-electron chi connectivity index (χ3n) is 16.9. The predicted molar refractivity (Wildman–Crippen MR) is 363 cm³/mol. The molecule has 19 heteroatoms. The minimum absolute atomic E-state index is 0.107. The summed E-state index contributed by atoms with van der Waals surface area (Å²) in [5.74, 6) is -1.27. The number of aliphatic hydroxyl groups is 1. The number of aliphatic hydroxyl groups excluding tert-OH is 1. The highest BCUT2D eigenvalue weighted by Gasteiger charge is 2.30. The van der Waals surface area contributed by atoms with Gasteiger partial charge in [-0.15, -0.1) is 0 Å². The quantitative estimate of drug-likeness (QED) is 0.0222. The van der Waals surface area contributed by atoms with E-state index in [2.05, 4.69) is 34.6 Å². The molecule has 0 saturated heterocycles. The van der Waals surface area contributed by atoms with E-state index in [0.29, 0.717) is 25.7 Å². The summed E-state index contributed by atoms with van der Waals surface area (Å²) in [6, 6.07) is 0. The first-order valence-corrected chi connectivity index (χ1v) is 40.2. The number of carbonyl (C=O) groups is 4. The zero-order chi connectivity index (χ0) is 66.3. The van der Waals surface area contributed by atoms with E-state index in [1.165, 1.54) is 193 Å². The standard InChI is InChI=1S/C71H138O17P2/c1-6-10-13-16-19-22-29-35-40-45-50-55-69(74)82-61-67(88-71(76)57-52-47-42-37-32-28-26-25-27-31-33-38-43-48-53-64(5)9-4)63-86-90(79,80)84-59-65(72)58-83-89(77,78)85-62-66(60-81-68(73)54-49-44-39-34-24-21-18-15-12-8-3)87-70(75)56-51-46-41-36-30-23-20-17-14-11-7-2/h64-67,72H,6-63H2,1-5H3,(H,77,78)(H,79,80)/t64?,65-,66+,67+/m0/s1. The lowest BCUT2D eigenvalue weighted by Gasteiger charge is -2.21. The molecule has 0 rings (SSSR count). The van der Waals surface area contributed by atoms with Crippen molar-refractivity contribution in [2.24, 2.45) is 5.92 Å². The Morgan fingerprint density at radius 3 is 0.789 bits per heavy atom. The van der Waals surface area contributed by atoms with Gasteiger partial charge in [0.05, 0.1) is 26.4 Å².